The fraction of sp³-hybridized carbons (Fsp3) is 0.538. The number of rotatable bonds is 7. The molecule has 102 valence electrons. The van der Waals surface area contributed by atoms with E-state index in [-0.39, 0.29) is 17.5 Å². The van der Waals surface area contributed by atoms with Crippen molar-refractivity contribution in [1.29, 1.82) is 0 Å². The Morgan fingerprint density at radius 1 is 1.22 bits per heavy atom. The second kappa shape index (κ2) is 7.12. The summed E-state index contributed by atoms with van der Waals surface area (Å²) in [6, 6.07) is 7.07. The zero-order valence-electron chi connectivity index (χ0n) is 10.6. The third kappa shape index (κ3) is 6.38. The van der Waals surface area contributed by atoms with E-state index in [9.17, 15) is 8.42 Å². The van der Waals surface area contributed by atoms with Crippen molar-refractivity contribution in [3.63, 3.8) is 0 Å². The summed E-state index contributed by atoms with van der Waals surface area (Å²) in [6.07, 6.45) is 2.41. The predicted octanol–water partition coefficient (Wildman–Crippen LogP) is 2.77. The third-order valence-corrected chi connectivity index (χ3v) is 4.60. The molecule has 1 atom stereocenters. The minimum absolute atomic E-state index is 0.0857. The smallest absolute Gasteiger partial charge is 0.154 e. The van der Waals surface area contributed by atoms with Crippen LogP contribution in [0.5, 0.6) is 0 Å². The summed E-state index contributed by atoms with van der Waals surface area (Å²) < 4.78 is 23.7. The number of nitrogens with two attached hydrogens (primary N) is 1. The Labute approximate surface area is 114 Å². The minimum atomic E-state index is -3.03. The van der Waals surface area contributed by atoms with E-state index in [1.54, 1.807) is 24.3 Å². The fourth-order valence-electron chi connectivity index (χ4n) is 1.70. The van der Waals surface area contributed by atoms with Crippen LogP contribution in [0.15, 0.2) is 24.3 Å². The lowest BCUT2D eigenvalue weighted by Gasteiger charge is -2.06. The molecule has 0 radical (unpaired) electrons. The van der Waals surface area contributed by atoms with E-state index in [2.05, 4.69) is 0 Å². The van der Waals surface area contributed by atoms with Crippen molar-refractivity contribution in [2.75, 3.05) is 5.75 Å². The van der Waals surface area contributed by atoms with Crippen molar-refractivity contribution < 1.29 is 8.42 Å². The molecule has 0 bridgehead atoms. The maximum Gasteiger partial charge on any atom is 0.154 e. The van der Waals surface area contributed by atoms with Gasteiger partial charge in [-0.1, -0.05) is 30.2 Å². The maximum absolute atomic E-state index is 11.9. The van der Waals surface area contributed by atoms with Gasteiger partial charge >= 0.3 is 0 Å². The third-order valence-electron chi connectivity index (χ3n) is 2.66. The van der Waals surface area contributed by atoms with Gasteiger partial charge in [0, 0.05) is 11.1 Å². The standard InChI is InChI=1S/C13H20ClNO2S/c1-11(15)4-2-3-9-18(16,17)10-12-5-7-13(14)8-6-12/h5-8,11H,2-4,9-10,15H2,1H3. The van der Waals surface area contributed by atoms with Crippen molar-refractivity contribution >= 4 is 21.4 Å². The quantitative estimate of drug-likeness (QED) is 0.785. The van der Waals surface area contributed by atoms with E-state index in [1.807, 2.05) is 6.92 Å². The Kier molecular flexibility index (Phi) is 6.12. The van der Waals surface area contributed by atoms with E-state index >= 15 is 0 Å². The minimum Gasteiger partial charge on any atom is -0.328 e. The Bertz CT molecular complexity index is 454. The van der Waals surface area contributed by atoms with Crippen LogP contribution in [0.25, 0.3) is 0 Å². The van der Waals surface area contributed by atoms with Gasteiger partial charge < -0.3 is 5.73 Å². The zero-order chi connectivity index (χ0) is 13.6. The molecule has 0 fully saturated rings. The Hall–Kier alpha value is -0.580. The molecule has 0 spiro atoms. The Balaban J connectivity index is 2.42. The van der Waals surface area contributed by atoms with Crippen LogP contribution in [0.3, 0.4) is 0 Å². The summed E-state index contributed by atoms with van der Waals surface area (Å²) in [4.78, 5) is 0. The van der Waals surface area contributed by atoms with Gasteiger partial charge in [-0.25, -0.2) is 8.42 Å². The summed E-state index contributed by atoms with van der Waals surface area (Å²) in [5, 5.41) is 0.619. The lowest BCUT2D eigenvalue weighted by atomic mass is 10.2. The molecule has 18 heavy (non-hydrogen) atoms. The molecule has 1 rings (SSSR count). The molecule has 0 amide bonds. The van der Waals surface area contributed by atoms with Gasteiger partial charge in [0.15, 0.2) is 9.84 Å². The van der Waals surface area contributed by atoms with Crippen LogP contribution < -0.4 is 5.73 Å². The average Bonchev–Trinajstić information content (AvgIpc) is 2.27. The lowest BCUT2D eigenvalue weighted by Crippen LogP contribution is -2.15. The van der Waals surface area contributed by atoms with Crippen LogP contribution in [-0.4, -0.2) is 20.2 Å². The highest BCUT2D eigenvalue weighted by Gasteiger charge is 2.11. The van der Waals surface area contributed by atoms with Crippen LogP contribution in [0.4, 0.5) is 0 Å². The highest BCUT2D eigenvalue weighted by molar-refractivity contribution is 7.90. The summed E-state index contributed by atoms with van der Waals surface area (Å²) in [6.45, 7) is 1.93. The molecule has 1 unspecified atom stereocenters. The average molecular weight is 290 g/mol. The number of sulfone groups is 1. The van der Waals surface area contributed by atoms with Gasteiger partial charge in [0.25, 0.3) is 0 Å². The van der Waals surface area contributed by atoms with Crippen molar-refractivity contribution in [3.8, 4) is 0 Å². The molecular weight excluding hydrogens is 270 g/mol. The number of unbranched alkanes of at least 4 members (excludes halogenated alkanes) is 1. The SMILES string of the molecule is CC(N)CCCCS(=O)(=O)Cc1ccc(Cl)cc1. The first-order valence-corrected chi connectivity index (χ1v) is 8.29. The van der Waals surface area contributed by atoms with Crippen molar-refractivity contribution in [2.45, 2.75) is 38.0 Å². The molecule has 0 aliphatic heterocycles. The van der Waals surface area contributed by atoms with Crippen LogP contribution in [-0.2, 0) is 15.6 Å². The van der Waals surface area contributed by atoms with E-state index in [0.29, 0.717) is 11.4 Å². The molecule has 2 N–H and O–H groups in total. The zero-order valence-corrected chi connectivity index (χ0v) is 12.2. The van der Waals surface area contributed by atoms with Crippen molar-refractivity contribution in [2.24, 2.45) is 5.73 Å². The second-order valence-electron chi connectivity index (χ2n) is 4.69. The highest BCUT2D eigenvalue weighted by atomic mass is 35.5. The second-order valence-corrected chi connectivity index (χ2v) is 7.31. The number of benzene rings is 1. The topological polar surface area (TPSA) is 60.2 Å². The Morgan fingerprint density at radius 3 is 2.39 bits per heavy atom. The van der Waals surface area contributed by atoms with E-state index in [0.717, 1.165) is 18.4 Å². The molecule has 0 aliphatic rings. The van der Waals surface area contributed by atoms with Gasteiger partial charge in [-0.15, -0.1) is 0 Å². The molecule has 3 nitrogen and oxygen atoms in total. The van der Waals surface area contributed by atoms with E-state index < -0.39 is 9.84 Å². The first-order chi connectivity index (χ1) is 8.39. The van der Waals surface area contributed by atoms with Gasteiger partial charge in [0.2, 0.25) is 0 Å². The molecule has 5 heteroatoms. The number of hydrogen-bond acceptors (Lipinski definition) is 3. The van der Waals surface area contributed by atoms with Crippen LogP contribution in [0, 0.1) is 0 Å². The Morgan fingerprint density at radius 2 is 1.83 bits per heavy atom. The predicted molar refractivity (Wildman–Crippen MR) is 76.4 cm³/mol. The summed E-state index contributed by atoms with van der Waals surface area (Å²) in [7, 11) is -3.03. The largest absolute Gasteiger partial charge is 0.328 e. The molecule has 0 heterocycles. The van der Waals surface area contributed by atoms with Crippen molar-refractivity contribution in [1.82, 2.24) is 0 Å². The van der Waals surface area contributed by atoms with E-state index in [1.165, 1.54) is 0 Å². The van der Waals surface area contributed by atoms with E-state index in [4.69, 9.17) is 17.3 Å². The lowest BCUT2D eigenvalue weighted by molar-refractivity contribution is 0.579. The molecule has 0 aliphatic carbocycles. The molecule has 1 aromatic rings. The molecule has 1 aromatic carbocycles. The van der Waals surface area contributed by atoms with Gasteiger partial charge in [-0.05, 0) is 37.5 Å². The normalized spacial score (nSPS) is 13.5. The van der Waals surface area contributed by atoms with Crippen LogP contribution in [0.1, 0.15) is 31.7 Å². The van der Waals surface area contributed by atoms with Crippen LogP contribution in [0.2, 0.25) is 5.02 Å². The summed E-state index contributed by atoms with van der Waals surface area (Å²) in [5.41, 5.74) is 6.40. The highest BCUT2D eigenvalue weighted by Crippen LogP contribution is 2.13. The fourth-order valence-corrected chi connectivity index (χ4v) is 3.31. The van der Waals surface area contributed by atoms with Crippen LogP contribution >= 0.6 is 11.6 Å². The maximum atomic E-state index is 11.9. The number of hydrogen-bond donors (Lipinski definition) is 1. The molecular formula is C13H20ClNO2S. The molecule has 0 saturated carbocycles. The molecule has 0 aromatic heterocycles. The first-order valence-electron chi connectivity index (χ1n) is 6.09. The first kappa shape index (κ1) is 15.5. The van der Waals surface area contributed by atoms with Gasteiger partial charge in [0.1, 0.15) is 0 Å². The van der Waals surface area contributed by atoms with Gasteiger partial charge in [0.05, 0.1) is 11.5 Å². The summed E-state index contributed by atoms with van der Waals surface area (Å²) in [5.74, 6) is 0.310. The molecule has 0 saturated heterocycles. The van der Waals surface area contributed by atoms with Gasteiger partial charge in [-0.3, -0.25) is 0 Å². The van der Waals surface area contributed by atoms with Gasteiger partial charge in [-0.2, -0.15) is 0 Å². The van der Waals surface area contributed by atoms with Crippen molar-refractivity contribution in [3.05, 3.63) is 34.9 Å². The monoisotopic (exact) mass is 289 g/mol. The number of halogens is 1. The summed E-state index contributed by atoms with van der Waals surface area (Å²) >= 11 is 5.75.